The Morgan fingerprint density at radius 1 is 0.0110 bits per heavy atom. The van der Waals surface area contributed by atoms with E-state index in [1.165, 1.54) is 0 Å². The Kier molecular flexibility index (Phi) is 4590. The Morgan fingerprint density at radius 3 is 0.0110 bits per heavy atom. The first-order chi connectivity index (χ1) is 0. The molecule has 0 saturated carbocycles. The summed E-state index contributed by atoms with van der Waals surface area (Å²) in [5.41, 5.74) is 0. The summed E-state index contributed by atoms with van der Waals surface area (Å²) in [6.45, 7) is 0. The molecular weight excluding hydrogens is 14500 g/mol. The molecule has 0 rings (SSSR count). The number of hydrogen-bond acceptors (Lipinski definition) is 0. The average molecular weight is 14500 g/mol. The maximum absolute atomic E-state index is 0. The molecule has 819 valence electrons. The molecule has 0 spiro atoms. The van der Waals surface area contributed by atoms with E-state index >= 15 is 0 Å². The third-order valence-corrected chi connectivity index (χ3v) is 0. The molecule has 0 aliphatic rings. The molecule has 0 heterocycles. The Hall–Kier alpha value is 117. The summed E-state index contributed by atoms with van der Waals surface area (Å²) in [4.78, 5) is 0. The molecule has 0 atom stereocenters. The van der Waals surface area contributed by atoms with Gasteiger partial charge in [-0.15, -0.1) is 0 Å². The van der Waals surface area contributed by atoms with Gasteiger partial charge in [-0.2, -0.15) is 0 Å². The molecule has 0 saturated heterocycles. The minimum Gasteiger partial charge on any atom is 0 e. The summed E-state index contributed by atoms with van der Waals surface area (Å²) in [6, 6.07) is 0. The van der Waals surface area contributed by atoms with Crippen LogP contribution in [-0.2, 0) is 0 Å². The normalized spacial score (nSPS) is 0. The first-order valence-electron chi connectivity index (χ1n) is 0. The topological polar surface area (TPSA) is 0 Å². The van der Waals surface area contributed by atoms with E-state index in [1.807, 2.05) is 0 Å². The van der Waals surface area contributed by atoms with Gasteiger partial charge < -0.3 is 0 Å². The van der Waals surface area contributed by atoms with Crippen molar-refractivity contribution in [2.45, 2.75) is 0 Å². The van der Waals surface area contributed by atoms with Gasteiger partial charge in [0.1, 0.15) is 0 Å². The van der Waals surface area contributed by atoms with Gasteiger partial charge in [0, 0.05) is 3510 Å². The van der Waals surface area contributed by atoms with E-state index < -0.39 is 0 Å². The fourth-order valence-electron chi connectivity index (χ4n) is 0. The van der Waals surface area contributed by atoms with Crippen LogP contribution in [0.4, 0.5) is 0 Å². The zero-order chi connectivity index (χ0) is 0. The molecular formula is Tb91. The van der Waals surface area contributed by atoms with E-state index in [0.29, 0.717) is 0 Å². The molecule has 0 bridgehead atoms. The molecule has 91 radical (unpaired) electrons. The summed E-state index contributed by atoms with van der Waals surface area (Å²) in [5.74, 6) is 0. The molecule has 91 heteroatoms. The Labute approximate surface area is 3360 Å². The van der Waals surface area contributed by atoms with E-state index in [-0.39, 0.29) is 3510 Å². The molecule has 0 aliphatic carbocycles. The van der Waals surface area contributed by atoms with Crippen molar-refractivity contribution in [1.82, 2.24) is 0 Å². The first-order valence-corrected chi connectivity index (χ1v) is 0. The van der Waals surface area contributed by atoms with E-state index in [2.05, 4.69) is 0 Å². The molecule has 0 unspecified atom stereocenters. The minimum atomic E-state index is 0. The van der Waals surface area contributed by atoms with Crippen LogP contribution < -0.4 is 0 Å². The number of rotatable bonds is 0. The zero-order valence-corrected chi connectivity index (χ0v) is 225. The second kappa shape index (κ2) is 642. The molecule has 0 fully saturated rings. The Morgan fingerprint density at radius 2 is 0.0110 bits per heavy atom. The molecule has 0 aromatic rings. The van der Waals surface area contributed by atoms with Gasteiger partial charge in [0.25, 0.3) is 0 Å². The Balaban J connectivity index is 0. The first kappa shape index (κ1) is 651. The largest absolute Gasteiger partial charge is 0 e. The van der Waals surface area contributed by atoms with Crippen molar-refractivity contribution >= 4 is 0 Å². The van der Waals surface area contributed by atoms with Crippen LogP contribution in [-0.4, -0.2) is 0 Å². The van der Waals surface area contributed by atoms with Crippen LogP contribution in [0.2, 0.25) is 0 Å². The average Bonchev–Trinajstić information content (AvgIpc) is 0. The SMILES string of the molecule is [Tb].[Tb].[Tb].[Tb].[Tb].[Tb].[Tb].[Tb].[Tb].[Tb].[Tb].[Tb].[Tb].[Tb].[Tb].[Tb].[Tb].[Tb].[Tb].[Tb].[Tb].[Tb].[Tb].[Tb].[Tb].[Tb].[Tb].[Tb].[Tb].[Tb].[Tb].[Tb].[Tb].[Tb].[Tb].[Tb].[Tb].[Tb].[Tb].[Tb].[Tb].[Tb].[Tb].[Tb].[Tb].[Tb].[Tb].[Tb].[Tb].[Tb].[Tb].[Tb].[Tb].[Tb].[Tb].[Tb].[Tb].[Tb].[Tb].[Tb].[Tb].[Tb].[Tb].[Tb].[Tb].[Tb].[Tb].[Tb].[Tb].[Tb].[Tb].[Tb].[Tb].[Tb].[Tb].[Tb].[Tb].[Tb].[Tb].[Tb].[Tb].[Tb].[Tb].[Tb].[Tb].[Tb].[Tb].[Tb].[Tb].[Tb].[Tb]. The van der Waals surface area contributed by atoms with Crippen LogP contribution in [0.25, 0.3) is 0 Å². The summed E-state index contributed by atoms with van der Waals surface area (Å²) >= 11 is 0. The van der Waals surface area contributed by atoms with Crippen LogP contribution in [0, 0.1) is 3510 Å². The van der Waals surface area contributed by atoms with Crippen LogP contribution in [0.3, 0.4) is 0 Å². The van der Waals surface area contributed by atoms with Gasteiger partial charge in [0.15, 0.2) is 0 Å². The predicted octanol–water partition coefficient (Wildman–Crippen LogP) is 0. The minimum absolute atomic E-state index is 0. The predicted molar refractivity (Wildman–Crippen MR) is 0 cm³/mol. The second-order valence-corrected chi connectivity index (χ2v) is 0. The van der Waals surface area contributed by atoms with Crippen molar-refractivity contribution in [1.29, 1.82) is 0 Å². The van der Waals surface area contributed by atoms with Crippen molar-refractivity contribution in [2.24, 2.45) is 0 Å². The van der Waals surface area contributed by atoms with Crippen molar-refractivity contribution < 1.29 is 3510 Å². The van der Waals surface area contributed by atoms with Gasteiger partial charge in [-0.3, -0.25) is 0 Å². The fraction of sp³-hybridized carbons (Fsp3) is 0. The quantitative estimate of drug-likeness (QED) is 0.321. The van der Waals surface area contributed by atoms with E-state index in [1.54, 1.807) is 0 Å². The zero-order valence-electron chi connectivity index (χ0n) is 30.3. The summed E-state index contributed by atoms with van der Waals surface area (Å²) < 4.78 is 0. The molecule has 0 aromatic heterocycles. The molecule has 0 amide bonds. The van der Waals surface area contributed by atoms with Crippen LogP contribution >= 0.6 is 0 Å². The molecule has 0 aromatic carbocycles. The molecule has 0 nitrogen and oxygen atoms in total. The van der Waals surface area contributed by atoms with Gasteiger partial charge >= 0.3 is 0 Å². The molecule has 0 aliphatic heterocycles. The van der Waals surface area contributed by atoms with Gasteiger partial charge in [-0.05, 0) is 0 Å². The van der Waals surface area contributed by atoms with Crippen LogP contribution in [0.15, 0.2) is 0 Å². The van der Waals surface area contributed by atoms with Crippen molar-refractivity contribution in [3.05, 3.63) is 0 Å². The van der Waals surface area contributed by atoms with Gasteiger partial charge in [-0.1, -0.05) is 0 Å². The number of hydrogen-bond donors (Lipinski definition) is 0. The monoisotopic (exact) mass is 14500 g/mol. The van der Waals surface area contributed by atoms with Crippen molar-refractivity contribution in [3.8, 4) is 0 Å². The summed E-state index contributed by atoms with van der Waals surface area (Å²) in [5, 5.41) is 0. The maximum Gasteiger partial charge on any atom is 0 e. The van der Waals surface area contributed by atoms with Crippen molar-refractivity contribution in [2.75, 3.05) is 0 Å². The van der Waals surface area contributed by atoms with Gasteiger partial charge in [-0.25, -0.2) is 0 Å². The molecule has 0 N–H and O–H groups in total. The van der Waals surface area contributed by atoms with Crippen molar-refractivity contribution in [3.63, 3.8) is 0 Å². The third kappa shape index (κ3) is 635. The van der Waals surface area contributed by atoms with E-state index in [0.717, 1.165) is 0 Å². The van der Waals surface area contributed by atoms with Gasteiger partial charge in [0.2, 0.25) is 0 Å². The summed E-state index contributed by atoms with van der Waals surface area (Å²) in [6.07, 6.45) is 0. The van der Waals surface area contributed by atoms with Gasteiger partial charge in [0.05, 0.1) is 0 Å². The fourth-order valence-corrected chi connectivity index (χ4v) is 0. The maximum atomic E-state index is 0. The van der Waals surface area contributed by atoms with E-state index in [4.69, 9.17) is 0 Å². The standard InChI is InChI=1S/91Tb. The molecule has 91 heavy (non-hydrogen) atoms. The smallest absolute Gasteiger partial charge is 0 e. The van der Waals surface area contributed by atoms with E-state index in [9.17, 15) is 0 Å². The van der Waals surface area contributed by atoms with Crippen LogP contribution in [0.5, 0.6) is 0 Å². The summed E-state index contributed by atoms with van der Waals surface area (Å²) in [7, 11) is 0. The Bertz CT molecular complexity index is 0. The second-order valence-electron chi connectivity index (χ2n) is 0. The third-order valence-electron chi connectivity index (χ3n) is 0. The van der Waals surface area contributed by atoms with Crippen LogP contribution in [0.1, 0.15) is 0 Å².